The number of ether oxygens (including phenoxy) is 1. The Morgan fingerprint density at radius 2 is 2.02 bits per heavy atom. The molecule has 206 valence electrons. The third-order valence-electron chi connectivity index (χ3n) is 6.84. The molecular weight excluding hydrogens is 540 g/mol. The number of aryl methyl sites for hydroxylation is 2. The number of hydrogen-bond donors (Lipinski definition) is 2. The summed E-state index contributed by atoms with van der Waals surface area (Å²) in [6.07, 6.45) is 5.85. The van der Waals surface area contributed by atoms with Crippen LogP contribution in [-0.2, 0) is 4.79 Å². The largest absolute Gasteiger partial charge is 0.439 e. The van der Waals surface area contributed by atoms with Gasteiger partial charge in [-0.05, 0) is 68.7 Å². The molecule has 3 aromatic heterocycles. The molecule has 41 heavy (non-hydrogen) atoms. The monoisotopic (exact) mass is 566 g/mol. The number of urea groups is 1. The van der Waals surface area contributed by atoms with Gasteiger partial charge in [0, 0.05) is 36.4 Å². The molecule has 4 aromatic rings. The van der Waals surface area contributed by atoms with Crippen molar-refractivity contribution in [2.24, 2.45) is 0 Å². The molecule has 0 radical (unpaired) electrons. The highest BCUT2D eigenvalue weighted by atomic mass is 32.1. The molecule has 0 saturated heterocycles. The average molecular weight is 567 g/mol. The predicted octanol–water partition coefficient (Wildman–Crippen LogP) is 6.16. The van der Waals surface area contributed by atoms with Crippen LogP contribution in [0.5, 0.6) is 11.6 Å². The second-order valence-electron chi connectivity index (χ2n) is 9.70. The van der Waals surface area contributed by atoms with E-state index in [0.717, 1.165) is 11.3 Å². The number of nitrogens with one attached hydrogen (secondary N) is 2. The van der Waals surface area contributed by atoms with Gasteiger partial charge in [-0.2, -0.15) is 0 Å². The molecule has 0 saturated carbocycles. The molecule has 2 aliphatic rings. The zero-order valence-corrected chi connectivity index (χ0v) is 23.2. The Bertz CT molecular complexity index is 1780. The number of carbonyl (C=O) groups excluding carboxylic acids is 3. The van der Waals surface area contributed by atoms with Gasteiger partial charge in [0.25, 0.3) is 5.91 Å². The molecule has 0 atom stereocenters. The van der Waals surface area contributed by atoms with Crippen molar-refractivity contribution in [3.8, 4) is 11.6 Å². The Morgan fingerprint density at radius 3 is 2.80 bits per heavy atom. The van der Waals surface area contributed by atoms with E-state index in [9.17, 15) is 14.4 Å². The second kappa shape index (κ2) is 10.5. The fourth-order valence-corrected chi connectivity index (χ4v) is 5.98. The number of benzene rings is 1. The lowest BCUT2D eigenvalue weighted by Gasteiger charge is -2.29. The minimum absolute atomic E-state index is 0.226. The van der Waals surface area contributed by atoms with E-state index in [0.29, 0.717) is 68.9 Å². The highest BCUT2D eigenvalue weighted by Gasteiger charge is 2.33. The van der Waals surface area contributed by atoms with Crippen LogP contribution in [0.2, 0.25) is 0 Å². The van der Waals surface area contributed by atoms with Gasteiger partial charge in [0.2, 0.25) is 11.8 Å². The summed E-state index contributed by atoms with van der Waals surface area (Å²) in [7, 11) is 0. The first-order chi connectivity index (χ1) is 19.8. The van der Waals surface area contributed by atoms with Gasteiger partial charge in [0.15, 0.2) is 0 Å². The standard InChI is InChI=1S/C30H26N6O4S/c1-4-24(37)35-14-6-8-19(16-35)33-28(38)27-26-25-22(12-13-31-29(25)41-27)36(30(39)34-26)21-11-10-20(15-17(21)2)40-23-9-5-7-18(3)32-23/h4-5,7,9-13,15-16H,1,6,8,14H2,2-3H3,(H,33,38)(H,34,39). The van der Waals surface area contributed by atoms with E-state index >= 15 is 0 Å². The molecule has 2 aliphatic heterocycles. The van der Waals surface area contributed by atoms with E-state index < -0.39 is 6.03 Å². The van der Waals surface area contributed by atoms with Gasteiger partial charge >= 0.3 is 6.03 Å². The van der Waals surface area contributed by atoms with Gasteiger partial charge in [0.05, 0.1) is 22.4 Å². The van der Waals surface area contributed by atoms with Gasteiger partial charge in [-0.1, -0.05) is 12.6 Å². The maximum atomic E-state index is 13.5. The van der Waals surface area contributed by atoms with Gasteiger partial charge in [-0.25, -0.2) is 14.8 Å². The molecule has 11 heteroatoms. The van der Waals surface area contributed by atoms with Crippen LogP contribution < -0.4 is 20.3 Å². The Kier molecular flexibility index (Phi) is 6.72. The summed E-state index contributed by atoms with van der Waals surface area (Å²) in [5.74, 6) is 0.490. The smallest absolute Gasteiger partial charge is 0.331 e. The van der Waals surface area contributed by atoms with Crippen LogP contribution >= 0.6 is 11.3 Å². The highest BCUT2D eigenvalue weighted by Crippen LogP contribution is 2.46. The quantitative estimate of drug-likeness (QED) is 0.270. The van der Waals surface area contributed by atoms with Crippen molar-refractivity contribution in [3.05, 3.63) is 89.3 Å². The first kappa shape index (κ1) is 26.2. The van der Waals surface area contributed by atoms with Crippen LogP contribution in [0, 0.1) is 13.8 Å². The van der Waals surface area contributed by atoms with E-state index in [1.807, 2.05) is 38.1 Å². The fraction of sp³-hybridized carbons (Fsp3) is 0.167. The Morgan fingerprint density at radius 1 is 1.17 bits per heavy atom. The maximum absolute atomic E-state index is 13.5. The van der Waals surface area contributed by atoms with Crippen molar-refractivity contribution in [1.29, 1.82) is 0 Å². The third kappa shape index (κ3) is 4.91. The lowest BCUT2D eigenvalue weighted by molar-refractivity contribution is -0.123. The topological polar surface area (TPSA) is 117 Å². The normalized spacial score (nSPS) is 14.4. The van der Waals surface area contributed by atoms with E-state index in [2.05, 4.69) is 27.2 Å². The molecule has 6 rings (SSSR count). The lowest BCUT2D eigenvalue weighted by atomic mass is 10.1. The molecule has 0 spiro atoms. The van der Waals surface area contributed by atoms with Crippen LogP contribution in [-0.4, -0.2) is 39.3 Å². The van der Waals surface area contributed by atoms with Gasteiger partial charge < -0.3 is 20.3 Å². The molecule has 4 amide bonds. The van der Waals surface area contributed by atoms with E-state index in [1.165, 1.54) is 22.3 Å². The number of rotatable bonds is 6. The number of carbonyl (C=O) groups is 3. The summed E-state index contributed by atoms with van der Waals surface area (Å²) in [4.78, 5) is 51.9. The third-order valence-corrected chi connectivity index (χ3v) is 7.93. The molecule has 1 aromatic carbocycles. The van der Waals surface area contributed by atoms with Crippen molar-refractivity contribution >= 4 is 56.5 Å². The predicted molar refractivity (Wildman–Crippen MR) is 158 cm³/mol. The van der Waals surface area contributed by atoms with E-state index in [1.54, 1.807) is 35.5 Å². The molecule has 5 heterocycles. The maximum Gasteiger partial charge on any atom is 0.331 e. The number of nitrogens with zero attached hydrogens (tertiary/aromatic N) is 4. The van der Waals surface area contributed by atoms with Crippen molar-refractivity contribution in [2.45, 2.75) is 26.7 Å². The van der Waals surface area contributed by atoms with Gasteiger partial charge in [-0.15, -0.1) is 11.3 Å². The van der Waals surface area contributed by atoms with Crippen molar-refractivity contribution in [3.63, 3.8) is 0 Å². The summed E-state index contributed by atoms with van der Waals surface area (Å²) >= 11 is 1.20. The number of hydrogen-bond acceptors (Lipinski definition) is 7. The molecule has 0 aliphatic carbocycles. The summed E-state index contributed by atoms with van der Waals surface area (Å²) in [6, 6.07) is 12.4. The number of anilines is 3. The van der Waals surface area contributed by atoms with E-state index in [-0.39, 0.29) is 11.8 Å². The second-order valence-corrected chi connectivity index (χ2v) is 10.7. The van der Waals surface area contributed by atoms with Crippen molar-refractivity contribution < 1.29 is 19.1 Å². The number of pyridine rings is 2. The van der Waals surface area contributed by atoms with Crippen LogP contribution in [0.3, 0.4) is 0 Å². The van der Waals surface area contributed by atoms with Crippen LogP contribution in [0.15, 0.2) is 73.2 Å². The zero-order chi connectivity index (χ0) is 28.7. The summed E-state index contributed by atoms with van der Waals surface area (Å²) in [6.45, 7) is 7.89. The minimum atomic E-state index is -0.394. The Hall–Kier alpha value is -5.03. The van der Waals surface area contributed by atoms with Gasteiger partial charge in [-0.3, -0.25) is 14.5 Å². The van der Waals surface area contributed by atoms with Crippen LogP contribution in [0.1, 0.15) is 33.8 Å². The summed E-state index contributed by atoms with van der Waals surface area (Å²) in [5, 5.41) is 6.52. The van der Waals surface area contributed by atoms with Crippen LogP contribution in [0.25, 0.3) is 10.2 Å². The molecular formula is C30H26N6O4S. The zero-order valence-electron chi connectivity index (χ0n) is 22.4. The van der Waals surface area contributed by atoms with E-state index in [4.69, 9.17) is 4.74 Å². The average Bonchev–Trinajstić information content (AvgIpc) is 3.33. The molecule has 2 N–H and O–H groups in total. The first-order valence-electron chi connectivity index (χ1n) is 13.0. The van der Waals surface area contributed by atoms with Crippen LogP contribution in [0.4, 0.5) is 21.9 Å². The molecule has 10 nitrogen and oxygen atoms in total. The number of thiophene rings is 1. The fourth-order valence-electron chi connectivity index (χ4n) is 4.97. The lowest BCUT2D eigenvalue weighted by Crippen LogP contribution is -2.35. The van der Waals surface area contributed by atoms with Crippen molar-refractivity contribution in [1.82, 2.24) is 20.2 Å². The van der Waals surface area contributed by atoms with Gasteiger partial charge in [0.1, 0.15) is 15.5 Å². The minimum Gasteiger partial charge on any atom is -0.439 e. The number of amides is 4. The van der Waals surface area contributed by atoms with Crippen molar-refractivity contribution in [2.75, 3.05) is 16.8 Å². The summed E-state index contributed by atoms with van der Waals surface area (Å²) < 4.78 is 5.93. The SMILES string of the molecule is C=CC(=O)N1C=C(NC(=O)c2sc3nccc4c3c2NC(=O)N4c2ccc(Oc3cccc(C)n3)cc2C)CCC1. The Labute approximate surface area is 240 Å². The number of aromatic nitrogens is 2. The summed E-state index contributed by atoms with van der Waals surface area (Å²) in [5.41, 5.74) is 4.00. The molecule has 0 bridgehead atoms. The Balaban J connectivity index is 1.31. The molecule has 0 unspecified atom stereocenters. The molecule has 0 fully saturated rings. The number of allylic oxidation sites excluding steroid dienone is 1. The highest BCUT2D eigenvalue weighted by molar-refractivity contribution is 7.21. The first-order valence-corrected chi connectivity index (χ1v) is 13.8.